The Kier molecular flexibility index (Phi) is 4.51. The van der Waals surface area contributed by atoms with Crippen LogP contribution in [0, 0.1) is 0 Å². The van der Waals surface area contributed by atoms with Gasteiger partial charge in [-0.05, 0) is 29.5 Å². The number of aryl methyl sites for hydroxylation is 1. The fraction of sp³-hybridized carbons (Fsp3) is 0.250. The van der Waals surface area contributed by atoms with Gasteiger partial charge in [0.1, 0.15) is 24.1 Å². The summed E-state index contributed by atoms with van der Waals surface area (Å²) in [6.07, 6.45) is 4.66. The first-order chi connectivity index (χ1) is 15.6. The van der Waals surface area contributed by atoms with Gasteiger partial charge in [0.2, 0.25) is 5.52 Å². The summed E-state index contributed by atoms with van der Waals surface area (Å²) in [5.41, 5.74) is 12.6. The van der Waals surface area contributed by atoms with E-state index in [-0.39, 0.29) is 6.04 Å². The molecule has 2 N–H and O–H groups in total. The van der Waals surface area contributed by atoms with Crippen LogP contribution in [0.3, 0.4) is 0 Å². The summed E-state index contributed by atoms with van der Waals surface area (Å²) >= 11 is 1.55. The van der Waals surface area contributed by atoms with Crippen molar-refractivity contribution in [2.45, 2.75) is 22.5 Å². The van der Waals surface area contributed by atoms with Crippen LogP contribution in [0.2, 0.25) is 0 Å². The molecule has 1 aliphatic carbocycles. The molecule has 1 aliphatic heterocycles. The normalized spacial score (nSPS) is 14.9. The lowest BCUT2D eigenvalue weighted by Crippen LogP contribution is -2.56. The lowest BCUT2D eigenvalue weighted by molar-refractivity contribution is -0.645. The molecule has 1 fully saturated rings. The van der Waals surface area contributed by atoms with Crippen molar-refractivity contribution in [3.63, 3.8) is 0 Å². The molecule has 2 aliphatic rings. The van der Waals surface area contributed by atoms with E-state index in [0.717, 1.165) is 69.0 Å². The highest BCUT2D eigenvalue weighted by molar-refractivity contribution is 7.99. The number of hydrogen-bond acceptors (Lipinski definition) is 7. The summed E-state index contributed by atoms with van der Waals surface area (Å²) < 4.78 is 7.70. The summed E-state index contributed by atoms with van der Waals surface area (Å²) in [4.78, 5) is 17.9. The van der Waals surface area contributed by atoms with Crippen molar-refractivity contribution < 1.29 is 9.30 Å². The maximum atomic E-state index is 6.10. The number of methoxy groups -OCH3 is 1. The molecule has 3 aromatic heterocycles. The standard InChI is InChI=1S/C24H23N6OS/c1-29-8-4-6-18-20(29)9-15(11-26-18)32-24-27-19-10-17-16(5-3-7-21(17)31-2)22(19)23(28-24)30-12-14(25)13-30/h3-9,11,14H,10,12-13,25H2,1-2H3/q+1. The number of fused-ring (bicyclic) bond motifs is 4. The number of nitrogens with zero attached hydrogens (tertiary/aromatic N) is 5. The molecular weight excluding hydrogens is 420 g/mol. The van der Waals surface area contributed by atoms with Crippen LogP contribution < -0.4 is 19.9 Å². The van der Waals surface area contributed by atoms with E-state index in [0.29, 0.717) is 0 Å². The molecule has 8 heteroatoms. The summed E-state index contributed by atoms with van der Waals surface area (Å²) in [7, 11) is 3.74. The number of aromatic nitrogens is 4. The number of ether oxygens (including phenoxy) is 1. The molecule has 160 valence electrons. The maximum Gasteiger partial charge on any atom is 0.232 e. The Balaban J connectivity index is 1.44. The summed E-state index contributed by atoms with van der Waals surface area (Å²) in [6, 6.07) is 12.5. The molecule has 1 saturated heterocycles. The molecule has 6 rings (SSSR count). The van der Waals surface area contributed by atoms with Gasteiger partial charge in [0.25, 0.3) is 0 Å². The highest BCUT2D eigenvalue weighted by Gasteiger charge is 2.33. The Morgan fingerprint density at radius 1 is 1.19 bits per heavy atom. The molecular formula is C24H23N6OS+. The van der Waals surface area contributed by atoms with Gasteiger partial charge < -0.3 is 15.4 Å². The zero-order valence-corrected chi connectivity index (χ0v) is 18.8. The Hall–Kier alpha value is -3.23. The van der Waals surface area contributed by atoms with Crippen molar-refractivity contribution in [2.24, 2.45) is 12.8 Å². The molecule has 4 aromatic rings. The summed E-state index contributed by atoms with van der Waals surface area (Å²) in [6.45, 7) is 1.61. The van der Waals surface area contributed by atoms with Crippen LogP contribution in [-0.2, 0) is 13.5 Å². The SMILES string of the molecule is COc1cccc2c1Cc1nc(Sc3cnc4ccc[n+](C)c4c3)nc(N3CC(N)C3)c1-2. The minimum absolute atomic E-state index is 0.188. The zero-order chi connectivity index (χ0) is 21.8. The number of benzene rings is 1. The minimum Gasteiger partial charge on any atom is -0.496 e. The Bertz CT molecular complexity index is 1370. The van der Waals surface area contributed by atoms with Crippen molar-refractivity contribution >= 4 is 28.6 Å². The van der Waals surface area contributed by atoms with Crippen LogP contribution in [0.1, 0.15) is 11.3 Å². The van der Waals surface area contributed by atoms with Gasteiger partial charge in [-0.15, -0.1) is 0 Å². The van der Waals surface area contributed by atoms with Gasteiger partial charge in [-0.1, -0.05) is 12.1 Å². The van der Waals surface area contributed by atoms with E-state index in [2.05, 4.69) is 26.6 Å². The second-order valence-corrected chi connectivity index (χ2v) is 9.32. The molecule has 0 atom stereocenters. The van der Waals surface area contributed by atoms with Crippen LogP contribution in [0.15, 0.2) is 58.8 Å². The Morgan fingerprint density at radius 3 is 2.88 bits per heavy atom. The average Bonchev–Trinajstić information content (AvgIpc) is 3.15. The smallest absolute Gasteiger partial charge is 0.232 e. The molecule has 0 bridgehead atoms. The van der Waals surface area contributed by atoms with Crippen LogP contribution in [0.5, 0.6) is 5.75 Å². The molecule has 32 heavy (non-hydrogen) atoms. The van der Waals surface area contributed by atoms with Gasteiger partial charge in [-0.3, -0.25) is 0 Å². The van der Waals surface area contributed by atoms with Gasteiger partial charge >= 0.3 is 0 Å². The molecule has 0 unspecified atom stereocenters. The third-order valence-corrected chi connectivity index (χ3v) is 6.97. The van der Waals surface area contributed by atoms with E-state index in [4.69, 9.17) is 20.4 Å². The van der Waals surface area contributed by atoms with Crippen molar-refractivity contribution in [3.05, 3.63) is 60.0 Å². The van der Waals surface area contributed by atoms with Gasteiger partial charge in [-0.25, -0.2) is 15.0 Å². The fourth-order valence-electron chi connectivity index (χ4n) is 4.54. The number of rotatable bonds is 4. The van der Waals surface area contributed by atoms with Crippen molar-refractivity contribution in [1.29, 1.82) is 0 Å². The van der Waals surface area contributed by atoms with Crippen molar-refractivity contribution in [2.75, 3.05) is 25.1 Å². The van der Waals surface area contributed by atoms with Crippen LogP contribution in [-0.4, -0.2) is 41.2 Å². The first kappa shape index (κ1) is 19.5. The Morgan fingerprint density at radius 2 is 2.06 bits per heavy atom. The summed E-state index contributed by atoms with van der Waals surface area (Å²) in [5, 5.41) is 0.728. The number of nitrogens with two attached hydrogens (primary N) is 1. The quantitative estimate of drug-likeness (QED) is 0.338. The van der Waals surface area contributed by atoms with Crippen LogP contribution >= 0.6 is 11.8 Å². The van der Waals surface area contributed by atoms with E-state index in [1.54, 1.807) is 18.9 Å². The minimum atomic E-state index is 0.188. The average molecular weight is 444 g/mol. The van der Waals surface area contributed by atoms with Crippen molar-refractivity contribution in [1.82, 2.24) is 15.0 Å². The second kappa shape index (κ2) is 7.43. The topological polar surface area (TPSA) is 81.0 Å². The molecule has 0 saturated carbocycles. The van der Waals surface area contributed by atoms with Gasteiger partial charge in [0.05, 0.1) is 12.8 Å². The van der Waals surface area contributed by atoms with Crippen molar-refractivity contribution in [3.8, 4) is 16.9 Å². The van der Waals surface area contributed by atoms with E-state index in [1.807, 2.05) is 43.7 Å². The first-order valence-corrected chi connectivity index (χ1v) is 11.4. The third kappa shape index (κ3) is 3.10. The lowest BCUT2D eigenvalue weighted by atomic mass is 10.0. The number of pyridine rings is 2. The molecule has 0 amide bonds. The monoisotopic (exact) mass is 443 g/mol. The lowest BCUT2D eigenvalue weighted by Gasteiger charge is -2.38. The highest BCUT2D eigenvalue weighted by Crippen LogP contribution is 2.46. The third-order valence-electron chi connectivity index (χ3n) is 6.15. The van der Waals surface area contributed by atoms with E-state index in [9.17, 15) is 0 Å². The molecule has 1 aromatic carbocycles. The van der Waals surface area contributed by atoms with Gasteiger partial charge in [-0.2, -0.15) is 4.57 Å². The number of anilines is 1. The number of hydrogen-bond donors (Lipinski definition) is 1. The largest absolute Gasteiger partial charge is 0.496 e. The fourth-order valence-corrected chi connectivity index (χ4v) is 5.31. The van der Waals surface area contributed by atoms with E-state index in [1.165, 1.54) is 5.56 Å². The molecule has 7 nitrogen and oxygen atoms in total. The second-order valence-electron chi connectivity index (χ2n) is 8.28. The maximum absolute atomic E-state index is 6.10. The van der Waals surface area contributed by atoms with E-state index >= 15 is 0 Å². The van der Waals surface area contributed by atoms with Crippen LogP contribution in [0.4, 0.5) is 5.82 Å². The first-order valence-electron chi connectivity index (χ1n) is 10.6. The van der Waals surface area contributed by atoms with Gasteiger partial charge in [0.15, 0.2) is 11.4 Å². The molecule has 4 heterocycles. The van der Waals surface area contributed by atoms with Crippen LogP contribution in [0.25, 0.3) is 22.2 Å². The molecule has 0 spiro atoms. The molecule has 0 radical (unpaired) electrons. The van der Waals surface area contributed by atoms with Gasteiger partial charge in [0, 0.05) is 59.9 Å². The predicted octanol–water partition coefficient (Wildman–Crippen LogP) is 2.73. The summed E-state index contributed by atoms with van der Waals surface area (Å²) in [5.74, 6) is 1.86. The zero-order valence-electron chi connectivity index (χ0n) is 17.9. The van der Waals surface area contributed by atoms with E-state index < -0.39 is 0 Å². The Labute approximate surface area is 190 Å². The predicted molar refractivity (Wildman–Crippen MR) is 124 cm³/mol. The highest BCUT2D eigenvalue weighted by atomic mass is 32.2.